The Kier molecular flexibility index (Phi) is 6.46. The first-order valence-electron chi connectivity index (χ1n) is 9.33. The molecule has 2 aliphatic heterocycles. The molecule has 2 aliphatic rings. The zero-order chi connectivity index (χ0) is 19.5. The Morgan fingerprint density at radius 3 is 2.26 bits per heavy atom. The normalized spacial score (nSPS) is 21.2. The fraction of sp³-hybridized carbons (Fsp3) is 0.632. The largest absolute Gasteiger partial charge is 0.381 e. The van der Waals surface area contributed by atoms with Gasteiger partial charge in [-0.05, 0) is 30.5 Å². The van der Waals surface area contributed by atoms with Crippen molar-refractivity contribution in [2.75, 3.05) is 57.9 Å². The quantitative estimate of drug-likeness (QED) is 0.731. The van der Waals surface area contributed by atoms with E-state index in [1.54, 1.807) is 0 Å². The molecule has 27 heavy (non-hydrogen) atoms. The van der Waals surface area contributed by atoms with E-state index in [0.717, 1.165) is 5.56 Å². The average molecular weight is 415 g/mol. The van der Waals surface area contributed by atoms with Gasteiger partial charge in [0.15, 0.2) is 0 Å². The summed E-state index contributed by atoms with van der Waals surface area (Å²) in [6, 6.07) is 7.58. The third-order valence-corrected chi connectivity index (χ3v) is 6.77. The summed E-state index contributed by atoms with van der Waals surface area (Å²) >= 11 is 6.03. The minimum Gasteiger partial charge on any atom is -0.381 e. The highest BCUT2D eigenvalue weighted by molar-refractivity contribution is 7.90. The summed E-state index contributed by atoms with van der Waals surface area (Å²) < 4.78 is 28.3. The van der Waals surface area contributed by atoms with Crippen molar-refractivity contribution in [3.63, 3.8) is 0 Å². The van der Waals surface area contributed by atoms with Crippen LogP contribution in [0.4, 0.5) is 0 Å². The highest BCUT2D eigenvalue weighted by Crippen LogP contribution is 2.37. The Hall–Kier alpha value is -1.15. The van der Waals surface area contributed by atoms with Gasteiger partial charge in [0.25, 0.3) is 0 Å². The number of nitrogens with zero attached hydrogens (tertiary/aromatic N) is 2. The fourth-order valence-corrected chi connectivity index (χ4v) is 4.60. The molecular weight excluding hydrogens is 388 g/mol. The van der Waals surface area contributed by atoms with E-state index < -0.39 is 15.3 Å². The van der Waals surface area contributed by atoms with Crippen LogP contribution in [0, 0.1) is 0 Å². The van der Waals surface area contributed by atoms with Crippen LogP contribution in [0.5, 0.6) is 0 Å². The van der Waals surface area contributed by atoms with Crippen LogP contribution in [0.2, 0.25) is 5.02 Å². The fourth-order valence-electron chi connectivity index (χ4n) is 3.89. The number of amides is 1. The Labute approximate surface area is 166 Å². The molecule has 2 heterocycles. The van der Waals surface area contributed by atoms with Gasteiger partial charge in [0.05, 0.1) is 11.2 Å². The minimum absolute atomic E-state index is 0.149. The number of rotatable bonds is 5. The van der Waals surface area contributed by atoms with Crippen LogP contribution in [0.1, 0.15) is 18.4 Å². The van der Waals surface area contributed by atoms with E-state index in [1.807, 2.05) is 29.2 Å². The lowest BCUT2D eigenvalue weighted by Crippen LogP contribution is -2.56. The van der Waals surface area contributed by atoms with Crippen molar-refractivity contribution in [1.29, 1.82) is 0 Å². The van der Waals surface area contributed by atoms with Gasteiger partial charge in [-0.3, -0.25) is 9.69 Å². The average Bonchev–Trinajstić information content (AvgIpc) is 2.67. The highest BCUT2D eigenvalue weighted by atomic mass is 35.5. The molecule has 0 aromatic heterocycles. The van der Waals surface area contributed by atoms with E-state index in [-0.39, 0.29) is 11.7 Å². The zero-order valence-electron chi connectivity index (χ0n) is 15.7. The first kappa shape index (κ1) is 20.6. The summed E-state index contributed by atoms with van der Waals surface area (Å²) in [6.07, 6.45) is 2.59. The number of piperazine rings is 1. The topological polar surface area (TPSA) is 66.9 Å². The van der Waals surface area contributed by atoms with Gasteiger partial charge < -0.3 is 9.64 Å². The smallest absolute Gasteiger partial charge is 0.233 e. The second kappa shape index (κ2) is 8.47. The predicted octanol–water partition coefficient (Wildman–Crippen LogP) is 1.58. The van der Waals surface area contributed by atoms with E-state index >= 15 is 0 Å². The van der Waals surface area contributed by atoms with Gasteiger partial charge in [-0.1, -0.05) is 23.7 Å². The van der Waals surface area contributed by atoms with Crippen molar-refractivity contribution in [2.45, 2.75) is 18.3 Å². The lowest BCUT2D eigenvalue weighted by Gasteiger charge is -2.43. The number of benzene rings is 1. The van der Waals surface area contributed by atoms with Crippen LogP contribution in [0.15, 0.2) is 24.3 Å². The molecular formula is C19H27ClN2O4S. The van der Waals surface area contributed by atoms with E-state index in [4.69, 9.17) is 16.3 Å². The van der Waals surface area contributed by atoms with Gasteiger partial charge in [-0.2, -0.15) is 0 Å². The standard InChI is InChI=1S/C19H27ClN2O4S/c1-27(24,25)15-12-21-8-10-22(11-9-21)18(23)19(6-13-26-14-7-19)16-2-4-17(20)5-3-16/h2-5H,6-15H2,1H3. The molecule has 0 radical (unpaired) electrons. The molecule has 0 bridgehead atoms. The van der Waals surface area contributed by atoms with Crippen LogP contribution >= 0.6 is 11.6 Å². The monoisotopic (exact) mass is 414 g/mol. The molecule has 0 spiro atoms. The highest BCUT2D eigenvalue weighted by Gasteiger charge is 2.44. The third-order valence-electron chi connectivity index (χ3n) is 5.59. The molecule has 0 N–H and O–H groups in total. The Bertz CT molecular complexity index is 752. The SMILES string of the molecule is CS(=O)(=O)CCN1CCN(C(=O)C2(c3ccc(Cl)cc3)CCOCC2)CC1. The van der Waals surface area contributed by atoms with Crippen LogP contribution in [0.25, 0.3) is 0 Å². The summed E-state index contributed by atoms with van der Waals surface area (Å²) in [7, 11) is -2.97. The predicted molar refractivity (Wildman–Crippen MR) is 106 cm³/mol. The number of carbonyl (C=O) groups is 1. The summed E-state index contributed by atoms with van der Waals surface area (Å²) in [6.45, 7) is 4.32. The molecule has 1 amide bonds. The molecule has 6 nitrogen and oxygen atoms in total. The molecule has 150 valence electrons. The summed E-state index contributed by atoms with van der Waals surface area (Å²) in [4.78, 5) is 17.5. The van der Waals surface area contributed by atoms with Crippen LogP contribution in [0.3, 0.4) is 0 Å². The zero-order valence-corrected chi connectivity index (χ0v) is 17.3. The number of hydrogen-bond donors (Lipinski definition) is 0. The summed E-state index contributed by atoms with van der Waals surface area (Å²) in [5.74, 6) is 0.309. The Balaban J connectivity index is 1.70. The Morgan fingerprint density at radius 2 is 1.70 bits per heavy atom. The van der Waals surface area contributed by atoms with E-state index in [1.165, 1.54) is 6.26 Å². The summed E-state index contributed by atoms with van der Waals surface area (Å²) in [5, 5.41) is 0.660. The maximum atomic E-state index is 13.5. The molecule has 0 atom stereocenters. The molecule has 0 aliphatic carbocycles. The van der Waals surface area contributed by atoms with Crippen LogP contribution in [-0.2, 0) is 24.8 Å². The maximum absolute atomic E-state index is 13.5. The number of sulfone groups is 1. The van der Waals surface area contributed by atoms with Crippen molar-refractivity contribution < 1.29 is 17.9 Å². The molecule has 0 unspecified atom stereocenters. The maximum Gasteiger partial charge on any atom is 0.233 e. The van der Waals surface area contributed by atoms with Crippen LogP contribution < -0.4 is 0 Å². The van der Waals surface area contributed by atoms with Gasteiger partial charge in [-0.15, -0.1) is 0 Å². The molecule has 8 heteroatoms. The molecule has 2 fully saturated rings. The molecule has 1 aromatic rings. The molecule has 3 rings (SSSR count). The number of ether oxygens (including phenoxy) is 1. The van der Waals surface area contributed by atoms with Crippen molar-refractivity contribution >= 4 is 27.3 Å². The van der Waals surface area contributed by atoms with E-state index in [9.17, 15) is 13.2 Å². The van der Waals surface area contributed by atoms with E-state index in [2.05, 4.69) is 4.90 Å². The van der Waals surface area contributed by atoms with Gasteiger partial charge in [0.2, 0.25) is 5.91 Å². The van der Waals surface area contributed by atoms with Gasteiger partial charge in [-0.25, -0.2) is 8.42 Å². The molecule has 1 aromatic carbocycles. The minimum atomic E-state index is -2.97. The molecule has 0 saturated carbocycles. The van der Waals surface area contributed by atoms with Crippen molar-refractivity contribution in [1.82, 2.24) is 9.80 Å². The lowest BCUT2D eigenvalue weighted by molar-refractivity contribution is -0.143. The van der Waals surface area contributed by atoms with Crippen molar-refractivity contribution in [2.24, 2.45) is 0 Å². The van der Waals surface area contributed by atoms with E-state index in [0.29, 0.717) is 63.8 Å². The first-order chi connectivity index (χ1) is 12.8. The third kappa shape index (κ3) is 5.02. The van der Waals surface area contributed by atoms with Crippen LogP contribution in [-0.4, -0.2) is 82.1 Å². The van der Waals surface area contributed by atoms with Crippen molar-refractivity contribution in [3.05, 3.63) is 34.9 Å². The Morgan fingerprint density at radius 1 is 1.11 bits per heavy atom. The second-order valence-corrected chi connectivity index (χ2v) is 10.2. The number of hydrogen-bond acceptors (Lipinski definition) is 5. The summed E-state index contributed by atoms with van der Waals surface area (Å²) in [5.41, 5.74) is 0.442. The van der Waals surface area contributed by atoms with Gasteiger partial charge in [0, 0.05) is 57.2 Å². The second-order valence-electron chi connectivity index (χ2n) is 7.47. The first-order valence-corrected chi connectivity index (χ1v) is 11.8. The lowest BCUT2D eigenvalue weighted by atomic mass is 9.73. The van der Waals surface area contributed by atoms with Gasteiger partial charge >= 0.3 is 0 Å². The van der Waals surface area contributed by atoms with Crippen molar-refractivity contribution in [3.8, 4) is 0 Å². The number of carbonyl (C=O) groups excluding carboxylic acids is 1. The molecule has 2 saturated heterocycles. The number of halogens is 1. The van der Waals surface area contributed by atoms with Gasteiger partial charge in [0.1, 0.15) is 9.84 Å².